The van der Waals surface area contributed by atoms with Gasteiger partial charge in [0.2, 0.25) is 0 Å². The van der Waals surface area contributed by atoms with Gasteiger partial charge in [-0.05, 0) is 72.8 Å². The second-order valence-electron chi connectivity index (χ2n) is 10.4. The average molecular weight is 652 g/mol. The number of nitrogens with zero attached hydrogens (tertiary/aromatic N) is 6. The standard InChI is InChI=1S/C32H14Cl4N8/c33-13-1-5-17-21(9-13)29-38-25(17)37-26-18-6-2-14(34)10-22(18)30(39-26)41-28-20-8-4-16(36)12-24(20)32(43-28)44-31-23-11-15(35)3-7-19(23)27(40-29)42-31/h1-12H,(H2,37,38,39,40,41,42,43,44). The second-order valence-corrected chi connectivity index (χ2v) is 12.1. The Labute approximate surface area is 267 Å². The molecule has 2 aliphatic heterocycles. The summed E-state index contributed by atoms with van der Waals surface area (Å²) >= 11 is 25.8. The molecule has 2 aliphatic rings. The Morgan fingerprint density at radius 2 is 0.682 bits per heavy atom. The van der Waals surface area contributed by atoms with Crippen molar-refractivity contribution < 1.29 is 0 Å². The number of fused-ring (bicyclic) bond motifs is 20. The normalized spacial score (nSPS) is 12.1. The molecule has 0 aliphatic carbocycles. The molecule has 44 heavy (non-hydrogen) atoms. The molecule has 0 radical (unpaired) electrons. The number of hydrogen-bond donors (Lipinski definition) is 2. The first kappa shape index (κ1) is 25.9. The molecule has 5 heterocycles. The Morgan fingerprint density at radius 3 is 1.11 bits per heavy atom. The van der Waals surface area contributed by atoms with Gasteiger partial charge in [-0.3, -0.25) is 0 Å². The van der Waals surface area contributed by atoms with E-state index >= 15 is 0 Å². The lowest BCUT2D eigenvalue weighted by Crippen LogP contribution is -1.83. The molecule has 8 bridgehead atoms. The molecule has 0 unspecified atom stereocenters. The SMILES string of the molecule is Clc1ccc2c(c1)-c1nc-2nc2[nH]c(nc3nc(nc4[nH]c(n1)c1ccc(Cl)cc41)-c1cc(Cl)ccc1-3)c1cc(Cl)ccc21. The van der Waals surface area contributed by atoms with Crippen LogP contribution < -0.4 is 0 Å². The van der Waals surface area contributed by atoms with Crippen molar-refractivity contribution in [2.24, 2.45) is 0 Å². The van der Waals surface area contributed by atoms with Gasteiger partial charge in [0.1, 0.15) is 22.6 Å². The zero-order chi connectivity index (χ0) is 29.7. The van der Waals surface area contributed by atoms with E-state index in [1.807, 2.05) is 66.7 Å². The molecule has 0 saturated heterocycles. The highest BCUT2D eigenvalue weighted by Crippen LogP contribution is 2.39. The number of H-pyrrole nitrogens is 2. The van der Waals surface area contributed by atoms with E-state index in [1.165, 1.54) is 0 Å². The minimum Gasteiger partial charge on any atom is -0.324 e. The van der Waals surface area contributed by atoms with Crippen molar-refractivity contribution in [2.75, 3.05) is 0 Å². The predicted molar refractivity (Wildman–Crippen MR) is 176 cm³/mol. The van der Waals surface area contributed by atoms with Crippen molar-refractivity contribution in [3.63, 3.8) is 0 Å². The van der Waals surface area contributed by atoms with Crippen molar-refractivity contribution in [1.29, 1.82) is 0 Å². The fourth-order valence-corrected chi connectivity index (χ4v) is 6.37. The number of hydrogen-bond acceptors (Lipinski definition) is 6. The van der Waals surface area contributed by atoms with E-state index in [0.29, 0.717) is 66.0 Å². The fraction of sp³-hybridized carbons (Fsp3) is 0. The van der Waals surface area contributed by atoms with Crippen LogP contribution in [0, 0.1) is 0 Å². The van der Waals surface area contributed by atoms with E-state index in [4.69, 9.17) is 76.3 Å². The maximum atomic E-state index is 6.44. The third-order valence-electron chi connectivity index (χ3n) is 7.68. The Balaban J connectivity index is 1.51. The highest BCUT2D eigenvalue weighted by Gasteiger charge is 2.23. The lowest BCUT2D eigenvalue weighted by atomic mass is 10.1. The van der Waals surface area contributed by atoms with E-state index in [9.17, 15) is 0 Å². The molecular formula is C32H14Cl4N8. The van der Waals surface area contributed by atoms with Crippen LogP contribution in [0.4, 0.5) is 0 Å². The van der Waals surface area contributed by atoms with Gasteiger partial charge in [-0.1, -0.05) is 46.4 Å². The number of benzene rings is 4. The average Bonchev–Trinajstić information content (AvgIpc) is 3.71. The molecule has 7 aromatic rings. The quantitative estimate of drug-likeness (QED) is 0.169. The predicted octanol–water partition coefficient (Wildman–Crippen LogP) is 9.48. The second kappa shape index (κ2) is 9.45. The smallest absolute Gasteiger partial charge is 0.164 e. The summed E-state index contributed by atoms with van der Waals surface area (Å²) in [5.74, 6) is 1.83. The fourth-order valence-electron chi connectivity index (χ4n) is 5.68. The first-order valence-corrected chi connectivity index (χ1v) is 14.9. The van der Waals surface area contributed by atoms with Gasteiger partial charge < -0.3 is 9.97 Å². The number of halogens is 4. The molecule has 3 aromatic heterocycles. The van der Waals surface area contributed by atoms with Gasteiger partial charge in [-0.2, -0.15) is 0 Å². The van der Waals surface area contributed by atoms with Gasteiger partial charge in [0, 0.05) is 63.9 Å². The van der Waals surface area contributed by atoms with Crippen molar-refractivity contribution in [1.82, 2.24) is 39.9 Å². The highest BCUT2D eigenvalue weighted by atomic mass is 35.5. The lowest BCUT2D eigenvalue weighted by molar-refractivity contribution is 1.19. The third-order valence-corrected chi connectivity index (χ3v) is 8.62. The van der Waals surface area contributed by atoms with Crippen LogP contribution in [-0.4, -0.2) is 39.9 Å². The van der Waals surface area contributed by atoms with Gasteiger partial charge in [0.15, 0.2) is 23.3 Å². The number of aromatic amines is 2. The van der Waals surface area contributed by atoms with Gasteiger partial charge in [-0.25, -0.2) is 29.9 Å². The molecule has 210 valence electrons. The van der Waals surface area contributed by atoms with E-state index in [2.05, 4.69) is 9.97 Å². The molecule has 0 fully saturated rings. The summed E-state index contributed by atoms with van der Waals surface area (Å²) in [6, 6.07) is 22.2. The molecular weight excluding hydrogens is 638 g/mol. The summed E-state index contributed by atoms with van der Waals surface area (Å²) in [7, 11) is 0. The topological polar surface area (TPSA) is 109 Å². The largest absolute Gasteiger partial charge is 0.324 e. The van der Waals surface area contributed by atoms with Crippen molar-refractivity contribution >= 4 is 90.5 Å². The van der Waals surface area contributed by atoms with Crippen LogP contribution in [0.3, 0.4) is 0 Å². The summed E-state index contributed by atoms with van der Waals surface area (Å²) < 4.78 is 0. The highest BCUT2D eigenvalue weighted by molar-refractivity contribution is 6.32. The van der Waals surface area contributed by atoms with E-state index in [1.54, 1.807) is 6.07 Å². The molecule has 0 atom stereocenters. The van der Waals surface area contributed by atoms with Crippen LogP contribution in [0.1, 0.15) is 0 Å². The van der Waals surface area contributed by atoms with E-state index in [-0.39, 0.29) is 0 Å². The van der Waals surface area contributed by atoms with Crippen LogP contribution in [0.5, 0.6) is 0 Å². The Bertz CT molecular complexity index is 2570. The maximum Gasteiger partial charge on any atom is 0.164 e. The van der Waals surface area contributed by atoms with Gasteiger partial charge in [0.25, 0.3) is 0 Å². The van der Waals surface area contributed by atoms with E-state index < -0.39 is 0 Å². The van der Waals surface area contributed by atoms with Crippen LogP contribution in [-0.2, 0) is 0 Å². The Kier molecular flexibility index (Phi) is 5.55. The Hall–Kier alpha value is -4.60. The summed E-state index contributed by atoms with van der Waals surface area (Å²) in [6.45, 7) is 0. The molecule has 8 nitrogen and oxygen atoms in total. The number of nitrogens with one attached hydrogen (secondary N) is 2. The Morgan fingerprint density at radius 1 is 0.341 bits per heavy atom. The molecule has 0 saturated carbocycles. The first-order chi connectivity index (χ1) is 21.4. The monoisotopic (exact) mass is 650 g/mol. The number of aromatic nitrogens is 8. The van der Waals surface area contributed by atoms with Crippen molar-refractivity contribution in [2.45, 2.75) is 0 Å². The molecule has 4 aromatic carbocycles. The van der Waals surface area contributed by atoms with Gasteiger partial charge >= 0.3 is 0 Å². The van der Waals surface area contributed by atoms with E-state index in [0.717, 1.165) is 43.8 Å². The zero-order valence-electron chi connectivity index (χ0n) is 22.1. The first-order valence-electron chi connectivity index (χ1n) is 13.4. The summed E-state index contributed by atoms with van der Waals surface area (Å²) in [5, 5.41) is 5.41. The van der Waals surface area contributed by atoms with Crippen molar-refractivity contribution in [3.05, 3.63) is 92.9 Å². The number of rotatable bonds is 0. The minimum atomic E-state index is 0.438. The maximum absolute atomic E-state index is 6.44. The van der Waals surface area contributed by atoms with Crippen LogP contribution >= 0.6 is 46.4 Å². The zero-order valence-corrected chi connectivity index (χ0v) is 25.1. The molecule has 0 spiro atoms. The molecule has 2 N–H and O–H groups in total. The minimum absolute atomic E-state index is 0.438. The van der Waals surface area contributed by atoms with Gasteiger partial charge in [0.05, 0.1) is 0 Å². The lowest BCUT2D eigenvalue weighted by Gasteiger charge is -1.98. The van der Waals surface area contributed by atoms with Crippen LogP contribution in [0.15, 0.2) is 72.8 Å². The van der Waals surface area contributed by atoms with Crippen LogP contribution in [0.2, 0.25) is 20.1 Å². The molecule has 0 amide bonds. The molecule has 9 rings (SSSR count). The summed E-state index contributed by atoms with van der Waals surface area (Å²) in [5.41, 5.74) is 5.25. The third kappa shape index (κ3) is 3.99. The summed E-state index contributed by atoms with van der Waals surface area (Å²) in [4.78, 5) is 36.4. The van der Waals surface area contributed by atoms with Crippen LogP contribution in [0.25, 0.3) is 89.7 Å². The summed E-state index contributed by atoms with van der Waals surface area (Å²) in [6.07, 6.45) is 0. The van der Waals surface area contributed by atoms with Gasteiger partial charge in [-0.15, -0.1) is 0 Å². The van der Waals surface area contributed by atoms with Crippen molar-refractivity contribution in [3.8, 4) is 45.6 Å². The molecule has 12 heteroatoms.